The summed E-state index contributed by atoms with van der Waals surface area (Å²) in [5.41, 5.74) is -0.148. The quantitative estimate of drug-likeness (QED) is 0.782. The first-order chi connectivity index (χ1) is 9.79. The Morgan fingerprint density at radius 2 is 1.57 bits per heavy atom. The first-order valence-corrected chi connectivity index (χ1v) is 8.21. The van der Waals surface area contributed by atoms with Gasteiger partial charge in [-0.15, -0.1) is 0 Å². The number of benzene rings is 2. The normalized spacial score (nSPS) is 12.1. The van der Waals surface area contributed by atoms with Crippen LogP contribution in [0.25, 0.3) is 0 Å². The highest BCUT2D eigenvalue weighted by atomic mass is 35.7. The Hall–Kier alpha value is -1.66. The minimum absolute atomic E-state index is 0.119. The number of hydrogen-bond donors (Lipinski definition) is 0. The van der Waals surface area contributed by atoms with Crippen molar-refractivity contribution in [2.45, 2.75) is 10.8 Å². The van der Waals surface area contributed by atoms with E-state index in [2.05, 4.69) is 0 Å². The molecule has 0 aliphatic rings. The minimum Gasteiger partial charge on any atom is -0.487 e. The van der Waals surface area contributed by atoms with E-state index in [1.807, 2.05) is 0 Å². The molecular weight excluding hydrogens is 322 g/mol. The van der Waals surface area contributed by atoms with E-state index in [0.29, 0.717) is 0 Å². The summed E-state index contributed by atoms with van der Waals surface area (Å²) >= 11 is 0. The van der Waals surface area contributed by atoms with E-state index in [0.717, 1.165) is 0 Å². The first-order valence-electron chi connectivity index (χ1n) is 5.90. The van der Waals surface area contributed by atoms with Gasteiger partial charge in [-0.3, -0.25) is 0 Å². The standard InChI is InChI=1S/C14H11ClF2O3S/c15-21(18,19)13-8-6-12(7-9-13)20-10-14(16,17)11-4-2-1-3-5-11/h1-9H,10H2. The van der Waals surface area contributed by atoms with Crippen LogP contribution in [0.15, 0.2) is 59.5 Å². The van der Waals surface area contributed by atoms with Crippen LogP contribution in [0.4, 0.5) is 8.78 Å². The van der Waals surface area contributed by atoms with Gasteiger partial charge in [0, 0.05) is 16.2 Å². The van der Waals surface area contributed by atoms with Crippen LogP contribution in [0.1, 0.15) is 5.56 Å². The van der Waals surface area contributed by atoms with Crippen LogP contribution < -0.4 is 4.74 Å². The maximum absolute atomic E-state index is 13.9. The van der Waals surface area contributed by atoms with Gasteiger partial charge < -0.3 is 4.74 Å². The Bertz CT molecular complexity index is 701. The van der Waals surface area contributed by atoms with E-state index in [4.69, 9.17) is 15.4 Å². The lowest BCUT2D eigenvalue weighted by atomic mass is 10.1. The smallest absolute Gasteiger partial charge is 0.306 e. The average molecular weight is 333 g/mol. The molecule has 0 N–H and O–H groups in total. The first kappa shape index (κ1) is 15.7. The van der Waals surface area contributed by atoms with Crippen LogP contribution in [0.5, 0.6) is 5.75 Å². The summed E-state index contributed by atoms with van der Waals surface area (Å²) in [7, 11) is 1.31. The van der Waals surface area contributed by atoms with Crippen LogP contribution in [0.3, 0.4) is 0 Å². The van der Waals surface area contributed by atoms with Crippen molar-refractivity contribution in [3.63, 3.8) is 0 Å². The van der Waals surface area contributed by atoms with Crippen molar-refractivity contribution in [3.05, 3.63) is 60.2 Å². The zero-order valence-corrected chi connectivity index (χ0v) is 12.2. The highest BCUT2D eigenvalue weighted by molar-refractivity contribution is 8.13. The molecule has 0 spiro atoms. The average Bonchev–Trinajstić information content (AvgIpc) is 2.46. The molecule has 0 unspecified atom stereocenters. The SMILES string of the molecule is O=S(=O)(Cl)c1ccc(OCC(F)(F)c2ccccc2)cc1. The summed E-state index contributed by atoms with van der Waals surface area (Å²) in [5.74, 6) is -3.01. The topological polar surface area (TPSA) is 43.4 Å². The van der Waals surface area contributed by atoms with E-state index >= 15 is 0 Å². The van der Waals surface area contributed by atoms with Crippen molar-refractivity contribution in [3.8, 4) is 5.75 Å². The van der Waals surface area contributed by atoms with Crippen LogP contribution >= 0.6 is 10.7 Å². The molecule has 0 amide bonds. The second-order valence-electron chi connectivity index (χ2n) is 4.27. The van der Waals surface area contributed by atoms with Gasteiger partial charge in [0.25, 0.3) is 9.05 Å². The number of alkyl halides is 2. The third-order valence-corrected chi connectivity index (χ3v) is 4.09. The van der Waals surface area contributed by atoms with Crippen molar-refractivity contribution in [1.29, 1.82) is 0 Å². The van der Waals surface area contributed by atoms with Crippen molar-refractivity contribution in [1.82, 2.24) is 0 Å². The van der Waals surface area contributed by atoms with Crippen LogP contribution in [0.2, 0.25) is 0 Å². The Balaban J connectivity index is 2.06. The molecule has 21 heavy (non-hydrogen) atoms. The van der Waals surface area contributed by atoms with Gasteiger partial charge in [-0.1, -0.05) is 30.3 Å². The molecule has 2 rings (SSSR count). The van der Waals surface area contributed by atoms with Crippen LogP contribution in [-0.2, 0) is 15.0 Å². The van der Waals surface area contributed by atoms with E-state index < -0.39 is 21.6 Å². The second kappa shape index (κ2) is 5.99. The van der Waals surface area contributed by atoms with Crippen molar-refractivity contribution < 1.29 is 21.9 Å². The minimum atomic E-state index is -3.84. The highest BCUT2D eigenvalue weighted by Crippen LogP contribution is 2.29. The molecule has 0 bridgehead atoms. The van der Waals surface area contributed by atoms with Crippen LogP contribution in [-0.4, -0.2) is 15.0 Å². The van der Waals surface area contributed by atoms with Gasteiger partial charge in [-0.25, -0.2) is 8.42 Å². The lowest BCUT2D eigenvalue weighted by Crippen LogP contribution is -2.23. The monoisotopic (exact) mass is 332 g/mol. The Kier molecular flexibility index (Phi) is 4.49. The predicted octanol–water partition coefficient (Wildman–Crippen LogP) is 3.78. The van der Waals surface area contributed by atoms with Gasteiger partial charge in [0.05, 0.1) is 4.90 Å². The summed E-state index contributed by atoms with van der Waals surface area (Å²) in [4.78, 5) is -0.119. The Morgan fingerprint density at radius 1 is 1.00 bits per heavy atom. The zero-order chi connectivity index (χ0) is 15.5. The lowest BCUT2D eigenvalue weighted by Gasteiger charge is -2.17. The van der Waals surface area contributed by atoms with Gasteiger partial charge >= 0.3 is 5.92 Å². The number of hydrogen-bond acceptors (Lipinski definition) is 3. The van der Waals surface area contributed by atoms with Gasteiger partial charge in [-0.2, -0.15) is 8.78 Å². The molecule has 0 saturated heterocycles. The Morgan fingerprint density at radius 3 is 2.10 bits per heavy atom. The molecule has 0 saturated carbocycles. The van der Waals surface area contributed by atoms with E-state index in [1.165, 1.54) is 48.5 Å². The number of ether oxygens (including phenoxy) is 1. The molecule has 0 heterocycles. The van der Waals surface area contributed by atoms with Crippen molar-refractivity contribution >= 4 is 19.7 Å². The van der Waals surface area contributed by atoms with Crippen molar-refractivity contribution in [2.75, 3.05) is 6.61 Å². The highest BCUT2D eigenvalue weighted by Gasteiger charge is 2.32. The van der Waals surface area contributed by atoms with Gasteiger partial charge in [0.1, 0.15) is 5.75 Å². The molecule has 0 atom stereocenters. The van der Waals surface area contributed by atoms with Crippen LogP contribution in [0, 0.1) is 0 Å². The fourth-order valence-electron chi connectivity index (χ4n) is 1.64. The number of halogens is 3. The van der Waals surface area contributed by atoms with E-state index in [1.54, 1.807) is 6.07 Å². The molecule has 0 aliphatic carbocycles. The molecule has 7 heteroatoms. The molecular formula is C14H11ClF2O3S. The van der Waals surface area contributed by atoms with Crippen molar-refractivity contribution in [2.24, 2.45) is 0 Å². The fourth-order valence-corrected chi connectivity index (χ4v) is 2.41. The summed E-state index contributed by atoms with van der Waals surface area (Å²) in [6, 6.07) is 12.2. The molecule has 112 valence electrons. The number of rotatable bonds is 5. The van der Waals surface area contributed by atoms with E-state index in [-0.39, 0.29) is 16.2 Å². The molecule has 0 aromatic heterocycles. The maximum Gasteiger partial charge on any atom is 0.306 e. The predicted molar refractivity (Wildman–Crippen MR) is 75.3 cm³/mol. The molecule has 0 aliphatic heterocycles. The largest absolute Gasteiger partial charge is 0.487 e. The van der Waals surface area contributed by atoms with E-state index in [9.17, 15) is 17.2 Å². The molecule has 3 nitrogen and oxygen atoms in total. The molecule has 2 aromatic carbocycles. The summed E-state index contributed by atoms with van der Waals surface area (Å²) in [6.07, 6.45) is 0. The van der Waals surface area contributed by atoms with Gasteiger partial charge in [0.2, 0.25) is 0 Å². The van der Waals surface area contributed by atoms with Gasteiger partial charge in [0.15, 0.2) is 6.61 Å². The maximum atomic E-state index is 13.9. The molecule has 0 radical (unpaired) electrons. The Labute approximate surface area is 125 Å². The summed E-state index contributed by atoms with van der Waals surface area (Å²) < 4.78 is 54.8. The zero-order valence-electron chi connectivity index (χ0n) is 10.7. The summed E-state index contributed by atoms with van der Waals surface area (Å²) in [6.45, 7) is -0.843. The third kappa shape index (κ3) is 4.15. The summed E-state index contributed by atoms with van der Waals surface area (Å²) in [5, 5.41) is 0. The molecule has 2 aromatic rings. The van der Waals surface area contributed by atoms with Gasteiger partial charge in [-0.05, 0) is 24.3 Å². The lowest BCUT2D eigenvalue weighted by molar-refractivity contribution is -0.0467. The molecule has 0 fully saturated rings. The fraction of sp³-hybridized carbons (Fsp3) is 0.143. The second-order valence-corrected chi connectivity index (χ2v) is 6.83. The third-order valence-electron chi connectivity index (χ3n) is 2.72.